The van der Waals surface area contributed by atoms with Gasteiger partial charge < -0.3 is 15.3 Å². The number of amides is 1. The number of hydrogen-bond donors (Lipinski definition) is 2. The number of nitrogens with one attached hydrogen (secondary N) is 1. The topological polar surface area (TPSA) is 52.6 Å². The Bertz CT molecular complexity index is 1100. The summed E-state index contributed by atoms with van der Waals surface area (Å²) in [6.45, 7) is 0.690. The maximum Gasteiger partial charge on any atom is 0.227 e. The van der Waals surface area contributed by atoms with Crippen molar-refractivity contribution in [1.29, 1.82) is 0 Å². The van der Waals surface area contributed by atoms with Crippen molar-refractivity contribution in [3.63, 3.8) is 0 Å². The zero-order valence-electron chi connectivity index (χ0n) is 17.2. The Labute approximate surface area is 181 Å². The van der Waals surface area contributed by atoms with Crippen molar-refractivity contribution in [2.75, 3.05) is 18.5 Å². The number of hydrogen-bond acceptors (Lipinski definition) is 3. The zero-order valence-corrected chi connectivity index (χ0v) is 17.2. The summed E-state index contributed by atoms with van der Waals surface area (Å²) in [5, 5.41) is 13.4. The fourth-order valence-electron chi connectivity index (χ4n) is 5.06. The van der Waals surface area contributed by atoms with Crippen LogP contribution in [0.5, 0.6) is 0 Å². The number of anilines is 1. The summed E-state index contributed by atoms with van der Waals surface area (Å²) in [6.07, 6.45) is 1.20. The van der Waals surface area contributed by atoms with Crippen molar-refractivity contribution in [2.45, 2.75) is 24.9 Å². The molecule has 0 saturated carbocycles. The Hall–Kier alpha value is -3.18. The van der Waals surface area contributed by atoms with Crippen LogP contribution in [-0.2, 0) is 11.2 Å². The van der Waals surface area contributed by atoms with Crippen LogP contribution < -0.4 is 5.32 Å². The highest BCUT2D eigenvalue weighted by molar-refractivity contribution is 5.81. The first-order valence-electron chi connectivity index (χ1n) is 10.7. The van der Waals surface area contributed by atoms with Crippen molar-refractivity contribution in [3.05, 3.63) is 89.7 Å². The van der Waals surface area contributed by atoms with Gasteiger partial charge in [0.25, 0.3) is 0 Å². The van der Waals surface area contributed by atoms with Gasteiger partial charge >= 0.3 is 0 Å². The average molecular weight is 416 g/mol. The van der Waals surface area contributed by atoms with Crippen molar-refractivity contribution in [2.24, 2.45) is 5.92 Å². The summed E-state index contributed by atoms with van der Waals surface area (Å²) in [4.78, 5) is 15.2. The Morgan fingerprint density at radius 2 is 1.84 bits per heavy atom. The molecular weight excluding hydrogens is 391 g/mol. The first-order valence-corrected chi connectivity index (χ1v) is 10.7. The fraction of sp³-hybridized carbons (Fsp3) is 0.269. The lowest BCUT2D eigenvalue weighted by atomic mass is 9.82. The first kappa shape index (κ1) is 19.8. The van der Waals surface area contributed by atoms with Crippen molar-refractivity contribution < 1.29 is 14.3 Å². The van der Waals surface area contributed by atoms with E-state index in [0.717, 1.165) is 34.4 Å². The molecule has 31 heavy (non-hydrogen) atoms. The van der Waals surface area contributed by atoms with Gasteiger partial charge in [0.05, 0.1) is 25.1 Å². The van der Waals surface area contributed by atoms with E-state index < -0.39 is 0 Å². The monoisotopic (exact) mass is 416 g/mol. The van der Waals surface area contributed by atoms with Crippen LogP contribution in [0.1, 0.15) is 23.6 Å². The van der Waals surface area contributed by atoms with Crippen LogP contribution in [0.3, 0.4) is 0 Å². The maximum absolute atomic E-state index is 13.8. The van der Waals surface area contributed by atoms with Crippen LogP contribution in [0.4, 0.5) is 10.1 Å². The van der Waals surface area contributed by atoms with Gasteiger partial charge in [-0.15, -0.1) is 0 Å². The van der Waals surface area contributed by atoms with Gasteiger partial charge in [-0.2, -0.15) is 0 Å². The summed E-state index contributed by atoms with van der Waals surface area (Å²) in [5.41, 5.74) is 4.69. The minimum Gasteiger partial charge on any atom is -0.394 e. The molecule has 158 valence electrons. The first-order chi connectivity index (χ1) is 15.1. The molecule has 3 aromatic rings. The molecule has 0 bridgehead atoms. The summed E-state index contributed by atoms with van der Waals surface area (Å²) >= 11 is 0. The lowest BCUT2D eigenvalue weighted by Crippen LogP contribution is -2.43. The molecule has 2 aliphatic rings. The molecule has 1 saturated heterocycles. The number of likely N-dealkylation sites (tertiary alicyclic amines) is 1. The number of nitrogens with zero attached hydrogens (tertiary/aromatic N) is 1. The molecule has 3 atom stereocenters. The van der Waals surface area contributed by atoms with E-state index in [4.69, 9.17) is 0 Å². The lowest BCUT2D eigenvalue weighted by molar-refractivity contribution is -0.131. The predicted molar refractivity (Wildman–Crippen MR) is 119 cm³/mol. The minimum absolute atomic E-state index is 0.0208. The zero-order chi connectivity index (χ0) is 21.4. The minimum atomic E-state index is -0.271. The van der Waals surface area contributed by atoms with Crippen molar-refractivity contribution in [3.8, 4) is 11.1 Å². The molecule has 0 radical (unpaired) electrons. The van der Waals surface area contributed by atoms with E-state index in [1.54, 1.807) is 6.07 Å². The molecular formula is C26H25FN2O2. The average Bonchev–Trinajstić information content (AvgIpc) is 3.25. The highest BCUT2D eigenvalue weighted by Crippen LogP contribution is 2.47. The second-order valence-corrected chi connectivity index (χ2v) is 8.39. The van der Waals surface area contributed by atoms with Gasteiger partial charge in [-0.1, -0.05) is 48.5 Å². The smallest absolute Gasteiger partial charge is 0.227 e. The number of halogens is 1. The van der Waals surface area contributed by atoms with Gasteiger partial charge in [0, 0.05) is 18.2 Å². The van der Waals surface area contributed by atoms with Gasteiger partial charge in [-0.3, -0.25) is 4.79 Å². The van der Waals surface area contributed by atoms with Crippen LogP contribution in [0.25, 0.3) is 11.1 Å². The van der Waals surface area contributed by atoms with Crippen LogP contribution >= 0.6 is 0 Å². The van der Waals surface area contributed by atoms with Crippen molar-refractivity contribution in [1.82, 2.24) is 4.90 Å². The Balaban J connectivity index is 1.52. The molecule has 2 heterocycles. The van der Waals surface area contributed by atoms with E-state index in [1.165, 1.54) is 12.1 Å². The molecule has 1 amide bonds. The van der Waals surface area contributed by atoms with Gasteiger partial charge in [-0.05, 0) is 52.9 Å². The summed E-state index contributed by atoms with van der Waals surface area (Å²) < 4.78 is 13.8. The number of fused-ring (bicyclic) bond motifs is 3. The van der Waals surface area contributed by atoms with Crippen molar-refractivity contribution >= 4 is 11.6 Å². The highest BCUT2D eigenvalue weighted by Gasteiger charge is 2.45. The fourth-order valence-corrected chi connectivity index (χ4v) is 5.06. The van der Waals surface area contributed by atoms with Crippen LogP contribution in [0, 0.1) is 11.7 Å². The van der Waals surface area contributed by atoms with Crippen LogP contribution in [-0.4, -0.2) is 35.1 Å². The Morgan fingerprint density at radius 3 is 2.61 bits per heavy atom. The molecule has 0 spiro atoms. The molecule has 4 nitrogen and oxygen atoms in total. The molecule has 0 aromatic heterocycles. The van der Waals surface area contributed by atoms with Gasteiger partial charge in [-0.25, -0.2) is 4.39 Å². The van der Waals surface area contributed by atoms with E-state index in [9.17, 15) is 14.3 Å². The number of aliphatic hydroxyl groups excluding tert-OH is 1. The molecule has 0 aliphatic carbocycles. The van der Waals surface area contributed by atoms with Gasteiger partial charge in [0.1, 0.15) is 5.82 Å². The summed E-state index contributed by atoms with van der Waals surface area (Å²) in [7, 11) is 0. The Morgan fingerprint density at radius 1 is 1.03 bits per heavy atom. The van der Waals surface area contributed by atoms with Gasteiger partial charge in [0.15, 0.2) is 0 Å². The van der Waals surface area contributed by atoms with E-state index in [1.807, 2.05) is 53.4 Å². The normalized spacial score (nSPS) is 21.9. The third kappa shape index (κ3) is 3.70. The highest BCUT2D eigenvalue weighted by atomic mass is 19.1. The predicted octanol–water partition coefficient (Wildman–Crippen LogP) is 4.41. The Kier molecular flexibility index (Phi) is 5.20. The summed E-state index contributed by atoms with van der Waals surface area (Å²) in [5.74, 6) is -0.0357. The third-order valence-electron chi connectivity index (χ3n) is 6.55. The molecule has 2 aliphatic heterocycles. The maximum atomic E-state index is 13.8. The standard InChI is InChI=1S/C26H25FN2O2/c27-20-8-4-7-18(14-20)19-9-10-23-22(15-19)26-21(24(16-30)28-23)11-12-29(26)25(31)13-17-5-2-1-3-6-17/h1-10,14-15,21,24,26,28,30H,11-13,16H2/t21-,24+,26-/m0/s1. The number of carbonyl (C=O) groups excluding carboxylic acids is 1. The van der Waals surface area contributed by atoms with E-state index in [0.29, 0.717) is 13.0 Å². The van der Waals surface area contributed by atoms with E-state index >= 15 is 0 Å². The third-order valence-corrected chi connectivity index (χ3v) is 6.55. The molecule has 5 rings (SSSR count). The quantitative estimate of drug-likeness (QED) is 0.662. The number of benzene rings is 3. The van der Waals surface area contributed by atoms with Gasteiger partial charge in [0.2, 0.25) is 5.91 Å². The SMILES string of the molecule is O=C(Cc1ccccc1)N1CC[C@@H]2[C@H]1c1cc(-c3cccc(F)c3)ccc1N[C@@H]2CO. The molecule has 3 aromatic carbocycles. The molecule has 5 heteroatoms. The van der Waals surface area contributed by atoms with Crippen LogP contribution in [0.2, 0.25) is 0 Å². The number of carbonyl (C=O) groups is 1. The summed E-state index contributed by atoms with van der Waals surface area (Å²) in [6, 6.07) is 22.2. The van der Waals surface area contributed by atoms with E-state index in [-0.39, 0.29) is 36.3 Å². The lowest BCUT2D eigenvalue weighted by Gasteiger charge is -2.39. The van der Waals surface area contributed by atoms with E-state index in [2.05, 4.69) is 11.4 Å². The largest absolute Gasteiger partial charge is 0.394 e. The van der Waals surface area contributed by atoms with Crippen LogP contribution in [0.15, 0.2) is 72.8 Å². The second kappa shape index (κ2) is 8.16. The second-order valence-electron chi connectivity index (χ2n) is 8.39. The molecule has 1 fully saturated rings. The number of rotatable bonds is 4. The molecule has 0 unspecified atom stereocenters. The molecule has 2 N–H and O–H groups in total. The number of aliphatic hydroxyl groups is 1.